The molecule has 2 aromatic rings. The van der Waals surface area contributed by atoms with Gasteiger partial charge in [-0.1, -0.05) is 30.9 Å². The van der Waals surface area contributed by atoms with Gasteiger partial charge in [0.1, 0.15) is 12.0 Å². The lowest BCUT2D eigenvalue weighted by Crippen LogP contribution is -2.41. The van der Waals surface area contributed by atoms with E-state index in [1.165, 1.54) is 6.42 Å². The monoisotopic (exact) mass is 362 g/mol. The molecule has 1 heterocycles. The van der Waals surface area contributed by atoms with E-state index >= 15 is 0 Å². The van der Waals surface area contributed by atoms with Crippen LogP contribution in [0.15, 0.2) is 30.5 Å². The minimum Gasteiger partial charge on any atom is -0.373 e. The Labute approximate surface area is 152 Å². The molecule has 1 aliphatic rings. The number of carbonyl (C=O) groups is 1. The zero-order chi connectivity index (χ0) is 17.8. The minimum absolute atomic E-state index is 0.118. The van der Waals surface area contributed by atoms with Crippen molar-refractivity contribution in [1.82, 2.24) is 15.1 Å². The van der Waals surface area contributed by atoms with Gasteiger partial charge in [0.05, 0.1) is 16.8 Å². The van der Waals surface area contributed by atoms with E-state index < -0.39 is 6.23 Å². The number of rotatable bonds is 5. The van der Waals surface area contributed by atoms with Gasteiger partial charge in [-0.3, -0.25) is 9.48 Å². The van der Waals surface area contributed by atoms with Gasteiger partial charge < -0.3 is 15.7 Å². The Hall–Kier alpha value is -2.05. The van der Waals surface area contributed by atoms with Gasteiger partial charge in [0, 0.05) is 24.7 Å². The van der Waals surface area contributed by atoms with Crippen LogP contribution in [0.4, 0.5) is 11.5 Å². The Balaban J connectivity index is 1.70. The molecule has 1 aliphatic carbocycles. The van der Waals surface area contributed by atoms with Crippen LogP contribution in [0.5, 0.6) is 0 Å². The maximum atomic E-state index is 12.5. The molecule has 0 radical (unpaired) electrons. The van der Waals surface area contributed by atoms with Gasteiger partial charge in [-0.2, -0.15) is 5.10 Å². The number of aromatic nitrogens is 2. The van der Waals surface area contributed by atoms with Crippen molar-refractivity contribution in [2.75, 3.05) is 5.32 Å². The number of nitrogens with zero attached hydrogens (tertiary/aromatic N) is 2. The van der Waals surface area contributed by atoms with E-state index in [1.807, 2.05) is 13.1 Å². The fraction of sp³-hybridized carbons (Fsp3) is 0.444. The van der Waals surface area contributed by atoms with Gasteiger partial charge in [-0.25, -0.2) is 0 Å². The molecule has 1 atom stereocenters. The molecule has 1 aromatic carbocycles. The molecule has 0 saturated heterocycles. The predicted octanol–water partition coefficient (Wildman–Crippen LogP) is 3.45. The summed E-state index contributed by atoms with van der Waals surface area (Å²) in [6.07, 6.45) is 6.13. The van der Waals surface area contributed by atoms with E-state index in [0.29, 0.717) is 10.6 Å². The number of anilines is 2. The molecule has 7 heteroatoms. The number of benzene rings is 1. The lowest BCUT2D eigenvalue weighted by molar-refractivity contribution is 0.0463. The molecular formula is C18H23ClN4O2. The van der Waals surface area contributed by atoms with Crippen molar-refractivity contribution in [3.8, 4) is 0 Å². The van der Waals surface area contributed by atoms with Gasteiger partial charge in [0.2, 0.25) is 0 Å². The number of aliphatic hydroxyl groups excluding tert-OH is 1. The van der Waals surface area contributed by atoms with Crippen molar-refractivity contribution in [3.05, 3.63) is 41.0 Å². The van der Waals surface area contributed by atoms with Crippen molar-refractivity contribution < 1.29 is 9.90 Å². The quantitative estimate of drug-likeness (QED) is 0.712. The highest BCUT2D eigenvalue weighted by molar-refractivity contribution is 6.34. The lowest BCUT2D eigenvalue weighted by Gasteiger charge is -2.27. The second-order valence-electron chi connectivity index (χ2n) is 6.48. The molecule has 3 rings (SSSR count). The molecule has 25 heavy (non-hydrogen) atoms. The molecule has 1 amide bonds. The average Bonchev–Trinajstić information content (AvgIpc) is 3.02. The number of halogens is 1. The van der Waals surface area contributed by atoms with E-state index in [0.717, 1.165) is 37.2 Å². The Bertz CT molecular complexity index is 740. The second kappa shape index (κ2) is 7.89. The summed E-state index contributed by atoms with van der Waals surface area (Å²) in [6, 6.07) is 6.98. The van der Waals surface area contributed by atoms with Crippen LogP contribution in [0, 0.1) is 5.92 Å². The summed E-state index contributed by atoms with van der Waals surface area (Å²) < 4.78 is 1.70. The van der Waals surface area contributed by atoms with Crippen LogP contribution < -0.4 is 10.6 Å². The summed E-state index contributed by atoms with van der Waals surface area (Å²) in [5.74, 6) is 0.555. The first-order valence-corrected chi connectivity index (χ1v) is 8.96. The van der Waals surface area contributed by atoms with Gasteiger partial charge in [-0.15, -0.1) is 0 Å². The zero-order valence-corrected chi connectivity index (χ0v) is 15.0. The van der Waals surface area contributed by atoms with Crippen molar-refractivity contribution in [3.63, 3.8) is 0 Å². The molecule has 0 spiro atoms. The van der Waals surface area contributed by atoms with Crippen LogP contribution in [0.3, 0.4) is 0 Å². The molecule has 1 fully saturated rings. The van der Waals surface area contributed by atoms with Crippen LogP contribution in [-0.4, -0.2) is 27.0 Å². The first-order valence-electron chi connectivity index (χ1n) is 8.58. The van der Waals surface area contributed by atoms with E-state index in [4.69, 9.17) is 11.6 Å². The lowest BCUT2D eigenvalue weighted by atomic mass is 9.88. The molecule has 1 unspecified atom stereocenters. The Morgan fingerprint density at radius 1 is 1.32 bits per heavy atom. The van der Waals surface area contributed by atoms with Crippen LogP contribution in [0.2, 0.25) is 5.02 Å². The molecule has 1 aromatic heterocycles. The van der Waals surface area contributed by atoms with E-state index in [1.54, 1.807) is 29.1 Å². The molecule has 0 aliphatic heterocycles. The Morgan fingerprint density at radius 2 is 2.08 bits per heavy atom. The summed E-state index contributed by atoms with van der Waals surface area (Å²) in [7, 11) is 1.83. The highest BCUT2D eigenvalue weighted by Gasteiger charge is 2.24. The third-order valence-electron chi connectivity index (χ3n) is 4.68. The normalized spacial score (nSPS) is 16.4. The first-order chi connectivity index (χ1) is 12.0. The molecular weight excluding hydrogens is 340 g/mol. The van der Waals surface area contributed by atoms with Gasteiger partial charge in [0.25, 0.3) is 5.91 Å². The first kappa shape index (κ1) is 17.8. The highest BCUT2D eigenvalue weighted by Crippen LogP contribution is 2.27. The number of hydrogen-bond acceptors (Lipinski definition) is 4. The van der Waals surface area contributed by atoms with E-state index in [-0.39, 0.29) is 11.8 Å². The van der Waals surface area contributed by atoms with Crippen molar-refractivity contribution in [1.29, 1.82) is 0 Å². The van der Waals surface area contributed by atoms with Crippen LogP contribution in [0.1, 0.15) is 42.5 Å². The summed E-state index contributed by atoms with van der Waals surface area (Å²) in [6.45, 7) is 0. The van der Waals surface area contributed by atoms with Gasteiger partial charge >= 0.3 is 0 Å². The summed E-state index contributed by atoms with van der Waals surface area (Å²) >= 11 is 6.19. The molecule has 1 saturated carbocycles. The highest BCUT2D eigenvalue weighted by atomic mass is 35.5. The SMILES string of the molecule is Cn1nccc1Nc1ccc(Cl)c(C(=O)NC(O)C2CCCCC2)c1. The number of amides is 1. The number of aryl methyl sites for hydroxylation is 1. The van der Waals surface area contributed by atoms with E-state index in [9.17, 15) is 9.90 Å². The van der Waals surface area contributed by atoms with Crippen molar-refractivity contribution in [2.24, 2.45) is 13.0 Å². The molecule has 134 valence electrons. The fourth-order valence-electron chi connectivity index (χ4n) is 3.20. The zero-order valence-electron chi connectivity index (χ0n) is 14.2. The van der Waals surface area contributed by atoms with Crippen LogP contribution in [-0.2, 0) is 7.05 Å². The molecule has 6 nitrogen and oxygen atoms in total. The number of hydrogen-bond donors (Lipinski definition) is 3. The predicted molar refractivity (Wildman–Crippen MR) is 98.0 cm³/mol. The average molecular weight is 363 g/mol. The summed E-state index contributed by atoms with van der Waals surface area (Å²) in [4.78, 5) is 12.5. The third-order valence-corrected chi connectivity index (χ3v) is 5.01. The topological polar surface area (TPSA) is 79.2 Å². The minimum atomic E-state index is -0.836. The Morgan fingerprint density at radius 3 is 2.76 bits per heavy atom. The van der Waals surface area contributed by atoms with Crippen LogP contribution in [0.25, 0.3) is 0 Å². The van der Waals surface area contributed by atoms with E-state index in [2.05, 4.69) is 15.7 Å². The summed E-state index contributed by atoms with van der Waals surface area (Å²) in [5, 5.41) is 20.6. The van der Waals surface area contributed by atoms with Gasteiger partial charge in [0.15, 0.2) is 0 Å². The second-order valence-corrected chi connectivity index (χ2v) is 6.88. The fourth-order valence-corrected chi connectivity index (χ4v) is 3.40. The maximum Gasteiger partial charge on any atom is 0.254 e. The van der Waals surface area contributed by atoms with Crippen molar-refractivity contribution >= 4 is 29.0 Å². The van der Waals surface area contributed by atoms with Crippen molar-refractivity contribution in [2.45, 2.75) is 38.3 Å². The number of nitrogens with one attached hydrogen (secondary N) is 2. The summed E-state index contributed by atoms with van der Waals surface area (Å²) in [5.41, 5.74) is 1.06. The van der Waals surface area contributed by atoms with Crippen LogP contribution >= 0.6 is 11.6 Å². The van der Waals surface area contributed by atoms with Gasteiger partial charge in [-0.05, 0) is 31.0 Å². The maximum absolute atomic E-state index is 12.5. The third kappa shape index (κ3) is 4.32. The number of aliphatic hydroxyl groups is 1. The molecule has 3 N–H and O–H groups in total. The Kier molecular flexibility index (Phi) is 5.60. The number of carbonyl (C=O) groups excluding carboxylic acids is 1. The smallest absolute Gasteiger partial charge is 0.254 e. The largest absolute Gasteiger partial charge is 0.373 e. The molecule has 0 bridgehead atoms. The standard InChI is InChI=1S/C18H23ClN4O2/c1-23-16(9-10-20-23)21-13-7-8-15(19)14(11-13)18(25)22-17(24)12-5-3-2-4-6-12/h7-12,17,21,24H,2-6H2,1H3,(H,22,25).